The highest BCUT2D eigenvalue weighted by molar-refractivity contribution is 5.10. The molecule has 0 spiro atoms. The normalized spacial score (nSPS) is 15.8. The van der Waals surface area contributed by atoms with E-state index in [2.05, 4.69) is 33.1 Å². The molecule has 0 aliphatic rings. The third-order valence-electron chi connectivity index (χ3n) is 5.43. The highest BCUT2D eigenvalue weighted by Crippen LogP contribution is 2.34. The Hall–Kier alpha value is -1.07. The lowest BCUT2D eigenvalue weighted by Crippen LogP contribution is -2.47. The molecule has 2 nitrogen and oxygen atoms in total. The predicted molar refractivity (Wildman–Crippen MR) is 111 cm³/mol. The molecule has 0 fully saturated rings. The number of nitrogens with zero attached hydrogens (tertiary/aromatic N) is 1. The zero-order chi connectivity index (χ0) is 19.0. The average Bonchev–Trinajstić information content (AvgIpc) is 2.62. The number of nitriles is 1. The van der Waals surface area contributed by atoms with E-state index in [0.717, 1.165) is 38.5 Å². The number of allylic oxidation sites excluding steroid dienone is 2. The highest BCUT2D eigenvalue weighted by atomic mass is 14.8. The molecule has 0 aromatic carbocycles. The van der Waals surface area contributed by atoms with Crippen LogP contribution < -0.4 is 5.73 Å². The van der Waals surface area contributed by atoms with Crippen LogP contribution in [0.15, 0.2) is 25.3 Å². The predicted octanol–water partition coefficient (Wildman–Crippen LogP) is 6.92. The molecule has 0 radical (unpaired) electrons. The Bertz CT molecular complexity index is 382. The molecule has 3 atom stereocenters. The van der Waals surface area contributed by atoms with Crippen molar-refractivity contribution in [1.82, 2.24) is 0 Å². The van der Waals surface area contributed by atoms with Crippen LogP contribution in [0.5, 0.6) is 0 Å². The highest BCUT2D eigenvalue weighted by Gasteiger charge is 2.36. The van der Waals surface area contributed by atoms with Crippen molar-refractivity contribution >= 4 is 0 Å². The van der Waals surface area contributed by atoms with Gasteiger partial charge in [0, 0.05) is 0 Å². The zero-order valence-corrected chi connectivity index (χ0v) is 16.9. The summed E-state index contributed by atoms with van der Waals surface area (Å²) in [5.41, 5.74) is 6.02. The molecule has 144 valence electrons. The molecule has 0 aliphatic carbocycles. The molecule has 3 unspecified atom stereocenters. The van der Waals surface area contributed by atoms with Crippen molar-refractivity contribution in [3.8, 4) is 6.07 Å². The van der Waals surface area contributed by atoms with E-state index in [1.807, 2.05) is 12.2 Å². The minimum Gasteiger partial charge on any atom is -0.313 e. The van der Waals surface area contributed by atoms with Gasteiger partial charge < -0.3 is 5.73 Å². The molecule has 2 N–H and O–H groups in total. The van der Waals surface area contributed by atoms with Crippen LogP contribution in [0, 0.1) is 23.2 Å². The molecule has 0 saturated carbocycles. The Labute approximate surface area is 157 Å². The molecule has 0 rings (SSSR count). The van der Waals surface area contributed by atoms with Gasteiger partial charge in [-0.2, -0.15) is 5.26 Å². The van der Waals surface area contributed by atoms with E-state index in [0.29, 0.717) is 5.92 Å². The van der Waals surface area contributed by atoms with Gasteiger partial charge in [0.1, 0.15) is 5.54 Å². The van der Waals surface area contributed by atoms with E-state index in [4.69, 9.17) is 5.73 Å². The van der Waals surface area contributed by atoms with Crippen LogP contribution in [0.25, 0.3) is 0 Å². The van der Waals surface area contributed by atoms with E-state index in [9.17, 15) is 5.26 Å². The molecular formula is C23H42N2. The van der Waals surface area contributed by atoms with E-state index >= 15 is 0 Å². The van der Waals surface area contributed by atoms with Crippen molar-refractivity contribution in [2.75, 3.05) is 0 Å². The lowest BCUT2D eigenvalue weighted by molar-refractivity contribution is 0.230. The zero-order valence-electron chi connectivity index (χ0n) is 16.9. The van der Waals surface area contributed by atoms with Crippen molar-refractivity contribution in [2.24, 2.45) is 17.6 Å². The van der Waals surface area contributed by atoms with Gasteiger partial charge in [-0.15, -0.1) is 13.2 Å². The minimum atomic E-state index is -0.700. The second kappa shape index (κ2) is 15.2. The first-order valence-corrected chi connectivity index (χ1v) is 10.5. The second-order valence-electron chi connectivity index (χ2n) is 7.64. The topological polar surface area (TPSA) is 49.8 Å². The van der Waals surface area contributed by atoms with Gasteiger partial charge in [0.25, 0.3) is 0 Å². The van der Waals surface area contributed by atoms with Crippen molar-refractivity contribution in [3.63, 3.8) is 0 Å². The summed E-state index contributed by atoms with van der Waals surface area (Å²) >= 11 is 0. The van der Waals surface area contributed by atoms with E-state index in [-0.39, 0.29) is 5.92 Å². The quantitative estimate of drug-likeness (QED) is 0.229. The summed E-state index contributed by atoms with van der Waals surface area (Å²) in [5, 5.41) is 9.94. The van der Waals surface area contributed by atoms with Gasteiger partial charge >= 0.3 is 0 Å². The van der Waals surface area contributed by atoms with Gasteiger partial charge in [-0.1, -0.05) is 70.9 Å². The van der Waals surface area contributed by atoms with Gasteiger partial charge in [-0.05, 0) is 50.4 Å². The van der Waals surface area contributed by atoms with E-state index in [1.165, 1.54) is 44.9 Å². The molecule has 0 aliphatic heterocycles. The SMILES string of the molecule is C=CCCC(CCCCC)CC(N)(C#N)C(CCC=C)CCCCC. The van der Waals surface area contributed by atoms with Gasteiger partial charge in [0.15, 0.2) is 0 Å². The first-order valence-electron chi connectivity index (χ1n) is 10.5. The number of hydrogen-bond acceptors (Lipinski definition) is 2. The fraction of sp³-hybridized carbons (Fsp3) is 0.783. The smallest absolute Gasteiger partial charge is 0.107 e. The molecule has 0 aromatic rings. The minimum absolute atomic E-state index is 0.277. The molecule has 25 heavy (non-hydrogen) atoms. The summed E-state index contributed by atoms with van der Waals surface area (Å²) in [6.45, 7) is 12.2. The van der Waals surface area contributed by atoms with Crippen LogP contribution in [-0.2, 0) is 0 Å². The van der Waals surface area contributed by atoms with Crippen LogP contribution in [0.4, 0.5) is 0 Å². The van der Waals surface area contributed by atoms with Crippen LogP contribution in [0.3, 0.4) is 0 Å². The lowest BCUT2D eigenvalue weighted by atomic mass is 9.72. The summed E-state index contributed by atoms with van der Waals surface area (Å²) in [4.78, 5) is 0. The maximum atomic E-state index is 9.94. The molecule has 0 heterocycles. The van der Waals surface area contributed by atoms with Gasteiger partial charge in [-0.3, -0.25) is 0 Å². The summed E-state index contributed by atoms with van der Waals surface area (Å²) in [7, 11) is 0. The first kappa shape index (κ1) is 23.9. The van der Waals surface area contributed by atoms with Crippen molar-refractivity contribution in [1.29, 1.82) is 5.26 Å². The number of unbranched alkanes of at least 4 members (excludes halogenated alkanes) is 4. The molecule has 0 amide bonds. The average molecular weight is 347 g/mol. The molecular weight excluding hydrogens is 304 g/mol. The van der Waals surface area contributed by atoms with Gasteiger partial charge in [0.2, 0.25) is 0 Å². The molecule has 2 heteroatoms. The van der Waals surface area contributed by atoms with Crippen molar-refractivity contribution < 1.29 is 0 Å². The monoisotopic (exact) mass is 346 g/mol. The molecule has 0 aromatic heterocycles. The van der Waals surface area contributed by atoms with Crippen LogP contribution in [-0.4, -0.2) is 5.54 Å². The van der Waals surface area contributed by atoms with Crippen LogP contribution in [0.2, 0.25) is 0 Å². The summed E-state index contributed by atoms with van der Waals surface area (Å²) < 4.78 is 0. The molecule has 0 saturated heterocycles. The van der Waals surface area contributed by atoms with Crippen LogP contribution in [0.1, 0.15) is 97.3 Å². The second-order valence-corrected chi connectivity index (χ2v) is 7.64. The Balaban J connectivity index is 5.02. The first-order chi connectivity index (χ1) is 12.1. The largest absolute Gasteiger partial charge is 0.313 e. The maximum Gasteiger partial charge on any atom is 0.107 e. The van der Waals surface area contributed by atoms with Gasteiger partial charge in [-0.25, -0.2) is 0 Å². The Kier molecular flexibility index (Phi) is 14.6. The Morgan fingerprint density at radius 2 is 1.48 bits per heavy atom. The number of nitrogens with two attached hydrogens (primary N) is 1. The fourth-order valence-electron chi connectivity index (χ4n) is 3.79. The summed E-state index contributed by atoms with van der Waals surface area (Å²) in [6.07, 6.45) is 18.4. The summed E-state index contributed by atoms with van der Waals surface area (Å²) in [5.74, 6) is 0.811. The lowest BCUT2D eigenvalue weighted by Gasteiger charge is -2.35. The number of rotatable bonds is 17. The standard InChI is InChI=1S/C23H42N2/c1-5-9-13-16-21(15-11-7-3)19-23(25,20-24)22(17-12-8-4)18-14-10-6-2/h7-8,21-22H,3-6,9-19,25H2,1-2H3. The Morgan fingerprint density at radius 3 is 2.00 bits per heavy atom. The third-order valence-corrected chi connectivity index (χ3v) is 5.43. The van der Waals surface area contributed by atoms with Crippen LogP contribution >= 0.6 is 0 Å². The van der Waals surface area contributed by atoms with Crippen molar-refractivity contribution in [3.05, 3.63) is 25.3 Å². The summed E-state index contributed by atoms with van der Waals surface area (Å²) in [6, 6.07) is 2.53. The van der Waals surface area contributed by atoms with E-state index < -0.39 is 5.54 Å². The van der Waals surface area contributed by atoms with Gasteiger partial charge in [0.05, 0.1) is 6.07 Å². The maximum absolute atomic E-state index is 9.94. The van der Waals surface area contributed by atoms with E-state index in [1.54, 1.807) is 0 Å². The molecule has 0 bridgehead atoms. The number of hydrogen-bond donors (Lipinski definition) is 1. The Morgan fingerprint density at radius 1 is 0.920 bits per heavy atom. The fourth-order valence-corrected chi connectivity index (χ4v) is 3.79. The third kappa shape index (κ3) is 10.5. The van der Waals surface area contributed by atoms with Crippen molar-refractivity contribution in [2.45, 2.75) is 103 Å².